The van der Waals surface area contributed by atoms with Crippen LogP contribution in [0.15, 0.2) is 39.0 Å². The van der Waals surface area contributed by atoms with Crippen LogP contribution >= 0.6 is 11.6 Å². The zero-order chi connectivity index (χ0) is 21.8. The summed E-state index contributed by atoms with van der Waals surface area (Å²) in [6, 6.07) is 6.20. The first-order chi connectivity index (χ1) is 14.8. The fourth-order valence-corrected chi connectivity index (χ4v) is 6.27. The van der Waals surface area contributed by atoms with Crippen molar-refractivity contribution in [2.45, 2.75) is 38.5 Å². The van der Waals surface area contributed by atoms with Gasteiger partial charge >= 0.3 is 5.69 Å². The molecule has 0 atom stereocenters. The number of benzene rings is 1. The van der Waals surface area contributed by atoms with E-state index in [0.717, 1.165) is 30.0 Å². The van der Waals surface area contributed by atoms with Gasteiger partial charge in [0, 0.05) is 5.02 Å². The summed E-state index contributed by atoms with van der Waals surface area (Å²) in [6.45, 7) is 0. The Labute approximate surface area is 182 Å². The number of hydrogen-bond acceptors (Lipinski definition) is 5. The summed E-state index contributed by atoms with van der Waals surface area (Å²) in [5.41, 5.74) is 0.737. The first kappa shape index (κ1) is 20.1. The van der Waals surface area contributed by atoms with Gasteiger partial charge in [0.25, 0.3) is 5.56 Å². The van der Waals surface area contributed by atoms with Crippen molar-refractivity contribution in [1.82, 2.24) is 15.0 Å². The van der Waals surface area contributed by atoms with Crippen LogP contribution in [0, 0.1) is 23.2 Å². The van der Waals surface area contributed by atoms with Gasteiger partial charge in [-0.05, 0) is 80.5 Å². The number of H-pyrrole nitrogens is 1. The lowest BCUT2D eigenvalue weighted by atomic mass is 9.49. The topological polar surface area (TPSA) is 117 Å². The Morgan fingerprint density at radius 1 is 1.13 bits per heavy atom. The van der Waals surface area contributed by atoms with Crippen LogP contribution < -0.4 is 16.7 Å². The van der Waals surface area contributed by atoms with Crippen LogP contribution in [0.3, 0.4) is 0 Å². The second-order valence-corrected chi connectivity index (χ2v) is 9.64. The third-order valence-corrected chi connectivity index (χ3v) is 7.34. The van der Waals surface area contributed by atoms with Gasteiger partial charge < -0.3 is 5.11 Å². The van der Waals surface area contributed by atoms with Crippen molar-refractivity contribution in [2.75, 3.05) is 0 Å². The Morgan fingerprint density at radius 3 is 2.29 bits per heavy atom. The van der Waals surface area contributed by atoms with Gasteiger partial charge in [-0.25, -0.2) is 14.8 Å². The molecule has 2 aromatic rings. The molecule has 6 rings (SSSR count). The van der Waals surface area contributed by atoms with Crippen LogP contribution in [-0.4, -0.2) is 26.8 Å². The Kier molecular flexibility index (Phi) is 4.77. The highest BCUT2D eigenvalue weighted by atomic mass is 35.5. The third kappa shape index (κ3) is 3.48. The highest BCUT2D eigenvalue weighted by Gasteiger charge is 2.54. The predicted octanol–water partition coefficient (Wildman–Crippen LogP) is 2.55. The fourth-order valence-electron chi connectivity index (χ4n) is 6.15. The van der Waals surface area contributed by atoms with E-state index in [1.54, 1.807) is 12.1 Å². The molecule has 1 heterocycles. The van der Waals surface area contributed by atoms with Crippen molar-refractivity contribution in [2.24, 2.45) is 28.3 Å². The Bertz CT molecular complexity index is 1150. The number of aromatic hydroxyl groups is 1. The summed E-state index contributed by atoms with van der Waals surface area (Å²) < 4.78 is 0.944. The minimum atomic E-state index is -0.792. The van der Waals surface area contributed by atoms with Gasteiger partial charge in [0.1, 0.15) is 5.56 Å². The van der Waals surface area contributed by atoms with E-state index >= 15 is 0 Å². The van der Waals surface area contributed by atoms with Gasteiger partial charge in [-0.2, -0.15) is 5.10 Å². The molecule has 3 N–H and O–H groups in total. The number of nitrogens with one attached hydrogen (secondary N) is 2. The van der Waals surface area contributed by atoms with Gasteiger partial charge in [0.2, 0.25) is 11.8 Å². The van der Waals surface area contributed by atoms with Crippen molar-refractivity contribution >= 4 is 23.7 Å². The molecule has 4 aliphatic rings. The lowest BCUT2D eigenvalue weighted by Crippen LogP contribution is -2.52. The van der Waals surface area contributed by atoms with E-state index in [4.69, 9.17) is 11.6 Å². The molecule has 8 nitrogen and oxygen atoms in total. The molecule has 0 spiro atoms. The van der Waals surface area contributed by atoms with Gasteiger partial charge in [0.15, 0.2) is 0 Å². The fraction of sp³-hybridized carbons (Fsp3) is 0.455. The third-order valence-electron chi connectivity index (χ3n) is 7.09. The SMILES string of the molecule is O=C(N/N=C/c1c(O)n(-c2ccc(Cl)cc2)c(=O)[nH]c1=O)C12CC3CC(CC(C3)C1)C2. The molecule has 162 valence electrons. The maximum Gasteiger partial charge on any atom is 0.335 e. The highest BCUT2D eigenvalue weighted by molar-refractivity contribution is 6.30. The maximum atomic E-state index is 13.0. The molecule has 9 heteroatoms. The van der Waals surface area contributed by atoms with Crippen LogP contribution in [0.2, 0.25) is 5.02 Å². The van der Waals surface area contributed by atoms with Crippen LogP contribution in [0.5, 0.6) is 5.88 Å². The summed E-state index contributed by atoms with van der Waals surface area (Å²) in [7, 11) is 0. The van der Waals surface area contributed by atoms with Gasteiger partial charge in [0.05, 0.1) is 17.3 Å². The van der Waals surface area contributed by atoms with E-state index in [1.807, 2.05) is 0 Å². The smallest absolute Gasteiger partial charge is 0.335 e. The maximum absolute atomic E-state index is 13.0. The molecule has 0 saturated heterocycles. The zero-order valence-corrected chi connectivity index (χ0v) is 17.6. The van der Waals surface area contributed by atoms with Crippen LogP contribution in [0.1, 0.15) is 44.1 Å². The summed E-state index contributed by atoms with van der Waals surface area (Å²) in [5.74, 6) is 1.18. The van der Waals surface area contributed by atoms with E-state index in [0.29, 0.717) is 28.5 Å². The number of carbonyl (C=O) groups excluding carboxylic acids is 1. The standard InChI is InChI=1S/C22H23ClN4O4/c23-15-1-3-16(4-2-15)27-19(29)17(18(28)25-21(27)31)11-24-26-20(30)22-8-12-5-13(9-22)7-14(6-12)10-22/h1-4,11-14,29H,5-10H2,(H,26,30)(H,25,28,31)/b24-11+. The molecule has 0 radical (unpaired) electrons. The average molecular weight is 443 g/mol. The Hall–Kier alpha value is -2.87. The number of amides is 1. The number of aromatic amines is 1. The minimum absolute atomic E-state index is 0.121. The van der Waals surface area contributed by atoms with E-state index in [9.17, 15) is 19.5 Å². The minimum Gasteiger partial charge on any atom is -0.493 e. The second-order valence-electron chi connectivity index (χ2n) is 9.21. The first-order valence-corrected chi connectivity index (χ1v) is 10.9. The van der Waals surface area contributed by atoms with Crippen molar-refractivity contribution in [3.05, 3.63) is 55.7 Å². The largest absolute Gasteiger partial charge is 0.493 e. The van der Waals surface area contributed by atoms with E-state index in [1.165, 1.54) is 31.4 Å². The lowest BCUT2D eigenvalue weighted by Gasteiger charge is -2.55. The van der Waals surface area contributed by atoms with E-state index in [2.05, 4.69) is 15.5 Å². The molecule has 4 bridgehead atoms. The summed E-state index contributed by atoms with van der Waals surface area (Å²) >= 11 is 5.88. The monoisotopic (exact) mass is 442 g/mol. The molecule has 4 saturated carbocycles. The predicted molar refractivity (Wildman–Crippen MR) is 116 cm³/mol. The number of carbonyl (C=O) groups is 1. The van der Waals surface area contributed by atoms with Crippen molar-refractivity contribution in [3.8, 4) is 11.6 Å². The second kappa shape index (κ2) is 7.37. The van der Waals surface area contributed by atoms with Crippen molar-refractivity contribution in [3.63, 3.8) is 0 Å². The average Bonchev–Trinajstić information content (AvgIpc) is 2.70. The molecule has 1 aromatic heterocycles. The number of nitrogens with zero attached hydrogens (tertiary/aromatic N) is 2. The number of rotatable bonds is 4. The van der Waals surface area contributed by atoms with Gasteiger partial charge in [-0.3, -0.25) is 14.6 Å². The molecule has 0 unspecified atom stereocenters. The molecule has 1 amide bonds. The zero-order valence-electron chi connectivity index (χ0n) is 16.8. The van der Waals surface area contributed by atoms with E-state index in [-0.39, 0.29) is 16.9 Å². The number of hydrogen-bond donors (Lipinski definition) is 3. The Balaban J connectivity index is 1.39. The summed E-state index contributed by atoms with van der Waals surface area (Å²) in [4.78, 5) is 39.6. The Morgan fingerprint density at radius 2 is 1.71 bits per heavy atom. The van der Waals surface area contributed by atoms with Gasteiger partial charge in [-0.15, -0.1) is 0 Å². The van der Waals surface area contributed by atoms with Crippen LogP contribution in [-0.2, 0) is 4.79 Å². The van der Waals surface area contributed by atoms with E-state index < -0.39 is 17.1 Å². The first-order valence-electron chi connectivity index (χ1n) is 10.5. The molecule has 4 fully saturated rings. The molecular weight excluding hydrogens is 420 g/mol. The van der Waals surface area contributed by atoms with Crippen LogP contribution in [0.25, 0.3) is 5.69 Å². The molecule has 31 heavy (non-hydrogen) atoms. The van der Waals surface area contributed by atoms with Crippen molar-refractivity contribution < 1.29 is 9.90 Å². The number of halogens is 1. The molecule has 0 aliphatic heterocycles. The molecule has 1 aromatic carbocycles. The summed E-state index contributed by atoms with van der Waals surface area (Å²) in [6.07, 6.45) is 7.45. The molecular formula is C22H23ClN4O4. The van der Waals surface area contributed by atoms with Crippen LogP contribution in [0.4, 0.5) is 0 Å². The van der Waals surface area contributed by atoms with Gasteiger partial charge in [-0.1, -0.05) is 11.6 Å². The number of hydrazone groups is 1. The lowest BCUT2D eigenvalue weighted by molar-refractivity contribution is -0.146. The molecule has 4 aliphatic carbocycles. The number of aromatic nitrogens is 2. The normalized spacial score (nSPS) is 28.9. The van der Waals surface area contributed by atoms with Crippen molar-refractivity contribution in [1.29, 1.82) is 0 Å². The highest BCUT2D eigenvalue weighted by Crippen LogP contribution is 2.60. The quantitative estimate of drug-likeness (QED) is 0.498. The summed E-state index contributed by atoms with van der Waals surface area (Å²) in [5, 5.41) is 15.0.